The van der Waals surface area contributed by atoms with Gasteiger partial charge in [-0.05, 0) is 19.1 Å². The van der Waals surface area contributed by atoms with Crippen LogP contribution in [-0.4, -0.2) is 24.3 Å². The highest BCUT2D eigenvalue weighted by molar-refractivity contribution is 6.30. The van der Waals surface area contributed by atoms with Crippen molar-refractivity contribution in [2.45, 2.75) is 13.0 Å². The number of carboxylic acids is 1. The third kappa shape index (κ3) is 3.32. The van der Waals surface area contributed by atoms with Crippen molar-refractivity contribution in [3.05, 3.63) is 23.2 Å². The zero-order valence-corrected chi connectivity index (χ0v) is 9.12. The molecule has 0 saturated carbocycles. The minimum absolute atomic E-state index is 0.370. The van der Waals surface area contributed by atoms with Crippen LogP contribution in [0, 0.1) is 0 Å². The van der Waals surface area contributed by atoms with Crippen molar-refractivity contribution in [3.8, 4) is 11.5 Å². The second-order valence-corrected chi connectivity index (χ2v) is 3.36. The van der Waals surface area contributed by atoms with Crippen molar-refractivity contribution in [2.24, 2.45) is 0 Å². The van der Waals surface area contributed by atoms with Crippen molar-refractivity contribution >= 4 is 17.6 Å². The largest absolute Gasteiger partial charge is 0.497 e. The first kappa shape index (κ1) is 11.7. The molecule has 1 aromatic rings. The molecule has 82 valence electrons. The lowest BCUT2D eigenvalue weighted by Crippen LogP contribution is -2.22. The molecular formula is C10H11ClO4. The van der Waals surface area contributed by atoms with Gasteiger partial charge in [-0.2, -0.15) is 0 Å². The van der Waals surface area contributed by atoms with E-state index in [0.29, 0.717) is 16.5 Å². The van der Waals surface area contributed by atoms with Gasteiger partial charge in [-0.25, -0.2) is 4.79 Å². The molecule has 1 atom stereocenters. The smallest absolute Gasteiger partial charge is 0.344 e. The molecule has 0 heterocycles. The van der Waals surface area contributed by atoms with Crippen molar-refractivity contribution < 1.29 is 19.4 Å². The predicted molar refractivity (Wildman–Crippen MR) is 55.7 cm³/mol. The zero-order chi connectivity index (χ0) is 11.4. The maximum atomic E-state index is 10.6. The average Bonchev–Trinajstić information content (AvgIpc) is 2.16. The number of methoxy groups -OCH3 is 1. The number of carboxylic acid groups (broad SMARTS) is 1. The Kier molecular flexibility index (Phi) is 3.80. The molecule has 1 aromatic carbocycles. The zero-order valence-electron chi connectivity index (χ0n) is 8.36. The van der Waals surface area contributed by atoms with Crippen LogP contribution in [0.2, 0.25) is 5.02 Å². The molecule has 0 aliphatic carbocycles. The van der Waals surface area contributed by atoms with Crippen LogP contribution in [0.25, 0.3) is 0 Å². The van der Waals surface area contributed by atoms with E-state index in [1.807, 2.05) is 0 Å². The topological polar surface area (TPSA) is 55.8 Å². The van der Waals surface area contributed by atoms with Gasteiger partial charge in [0.25, 0.3) is 0 Å². The van der Waals surface area contributed by atoms with E-state index >= 15 is 0 Å². The minimum atomic E-state index is -1.03. The van der Waals surface area contributed by atoms with Crippen molar-refractivity contribution in [1.29, 1.82) is 0 Å². The molecule has 1 rings (SSSR count). The van der Waals surface area contributed by atoms with Gasteiger partial charge in [0.2, 0.25) is 0 Å². The molecule has 0 bridgehead atoms. The average molecular weight is 231 g/mol. The maximum Gasteiger partial charge on any atom is 0.344 e. The Bertz CT molecular complexity index is 364. The van der Waals surface area contributed by atoms with Crippen molar-refractivity contribution in [2.75, 3.05) is 7.11 Å². The Balaban J connectivity index is 2.85. The monoisotopic (exact) mass is 230 g/mol. The summed E-state index contributed by atoms with van der Waals surface area (Å²) in [7, 11) is 1.50. The van der Waals surface area contributed by atoms with Gasteiger partial charge in [0, 0.05) is 11.1 Å². The molecule has 0 aliphatic rings. The molecular weight excluding hydrogens is 220 g/mol. The summed E-state index contributed by atoms with van der Waals surface area (Å²) in [5, 5.41) is 9.08. The molecule has 1 N–H and O–H groups in total. The van der Waals surface area contributed by atoms with Gasteiger partial charge < -0.3 is 14.6 Å². The van der Waals surface area contributed by atoms with Crippen LogP contribution in [0.5, 0.6) is 11.5 Å². The van der Waals surface area contributed by atoms with E-state index in [2.05, 4.69) is 0 Å². The van der Waals surface area contributed by atoms with E-state index in [-0.39, 0.29) is 0 Å². The molecule has 0 aliphatic heterocycles. The first-order valence-electron chi connectivity index (χ1n) is 4.27. The maximum absolute atomic E-state index is 10.6. The van der Waals surface area contributed by atoms with Crippen LogP contribution < -0.4 is 9.47 Å². The number of aliphatic carboxylic acids is 1. The van der Waals surface area contributed by atoms with Crippen molar-refractivity contribution in [1.82, 2.24) is 0 Å². The van der Waals surface area contributed by atoms with Crippen molar-refractivity contribution in [3.63, 3.8) is 0 Å². The third-order valence-corrected chi connectivity index (χ3v) is 1.96. The molecule has 1 unspecified atom stereocenters. The van der Waals surface area contributed by atoms with Crippen LogP contribution in [0.4, 0.5) is 0 Å². The highest BCUT2D eigenvalue weighted by atomic mass is 35.5. The quantitative estimate of drug-likeness (QED) is 0.862. The number of hydrogen-bond acceptors (Lipinski definition) is 3. The van der Waals surface area contributed by atoms with Gasteiger partial charge in [0.15, 0.2) is 6.10 Å². The predicted octanol–water partition coefficient (Wildman–Crippen LogP) is 2.20. The first-order valence-corrected chi connectivity index (χ1v) is 4.64. The SMILES string of the molecule is COc1cc(Cl)cc(OC(C)C(=O)O)c1. The molecule has 4 nitrogen and oxygen atoms in total. The third-order valence-electron chi connectivity index (χ3n) is 1.74. The van der Waals surface area contributed by atoms with E-state index in [0.717, 1.165) is 0 Å². The number of carbonyl (C=O) groups is 1. The van der Waals surface area contributed by atoms with Crippen LogP contribution >= 0.6 is 11.6 Å². The van der Waals surface area contributed by atoms with E-state index in [9.17, 15) is 4.79 Å². The van der Waals surface area contributed by atoms with E-state index < -0.39 is 12.1 Å². The number of halogens is 1. The summed E-state index contributed by atoms with van der Waals surface area (Å²) in [4.78, 5) is 10.6. The molecule has 0 aromatic heterocycles. The van der Waals surface area contributed by atoms with E-state index in [4.69, 9.17) is 26.2 Å². The molecule has 15 heavy (non-hydrogen) atoms. The summed E-state index contributed by atoms with van der Waals surface area (Å²) >= 11 is 5.78. The summed E-state index contributed by atoms with van der Waals surface area (Å²) in [5.74, 6) is -0.140. The summed E-state index contributed by atoms with van der Waals surface area (Å²) in [6.07, 6.45) is -0.923. The highest BCUT2D eigenvalue weighted by Gasteiger charge is 2.13. The van der Waals surface area contributed by atoms with Gasteiger partial charge in [0.05, 0.1) is 7.11 Å². The van der Waals surface area contributed by atoms with Gasteiger partial charge in [-0.3, -0.25) is 0 Å². The van der Waals surface area contributed by atoms with Gasteiger partial charge in [-0.15, -0.1) is 0 Å². The molecule has 0 spiro atoms. The summed E-state index contributed by atoms with van der Waals surface area (Å²) in [5.41, 5.74) is 0. The van der Waals surface area contributed by atoms with Crippen LogP contribution in [0.3, 0.4) is 0 Å². The minimum Gasteiger partial charge on any atom is -0.497 e. The lowest BCUT2D eigenvalue weighted by atomic mass is 10.3. The number of hydrogen-bond donors (Lipinski definition) is 1. The van der Waals surface area contributed by atoms with Gasteiger partial charge in [-0.1, -0.05) is 11.6 Å². The summed E-state index contributed by atoms with van der Waals surface area (Å²) in [6.45, 7) is 1.44. The summed E-state index contributed by atoms with van der Waals surface area (Å²) in [6, 6.07) is 4.72. The number of benzene rings is 1. The lowest BCUT2D eigenvalue weighted by molar-refractivity contribution is -0.144. The van der Waals surface area contributed by atoms with Gasteiger partial charge in [0.1, 0.15) is 11.5 Å². The Morgan fingerprint density at radius 1 is 1.40 bits per heavy atom. The standard InChI is InChI=1S/C10H11ClO4/c1-6(10(12)13)15-9-4-7(11)3-8(5-9)14-2/h3-6H,1-2H3,(H,12,13). The molecule has 0 amide bonds. The fraction of sp³-hybridized carbons (Fsp3) is 0.300. The van der Waals surface area contributed by atoms with E-state index in [1.54, 1.807) is 12.1 Å². The van der Waals surface area contributed by atoms with Crippen LogP contribution in [-0.2, 0) is 4.79 Å². The van der Waals surface area contributed by atoms with Gasteiger partial charge >= 0.3 is 5.97 Å². The second-order valence-electron chi connectivity index (χ2n) is 2.93. The summed E-state index contributed by atoms with van der Waals surface area (Å²) < 4.78 is 10.1. The fourth-order valence-corrected chi connectivity index (χ4v) is 1.19. The Morgan fingerprint density at radius 3 is 2.53 bits per heavy atom. The molecule has 0 radical (unpaired) electrons. The molecule has 0 fully saturated rings. The fourth-order valence-electron chi connectivity index (χ4n) is 0.977. The van der Waals surface area contributed by atoms with Crippen LogP contribution in [0.15, 0.2) is 18.2 Å². The van der Waals surface area contributed by atoms with Crippen LogP contribution in [0.1, 0.15) is 6.92 Å². The Labute approximate surface area is 92.4 Å². The number of rotatable bonds is 4. The normalized spacial score (nSPS) is 11.9. The number of ether oxygens (including phenoxy) is 2. The highest BCUT2D eigenvalue weighted by Crippen LogP contribution is 2.26. The Hall–Kier alpha value is -1.42. The lowest BCUT2D eigenvalue weighted by Gasteiger charge is -2.11. The second kappa shape index (κ2) is 4.89. The van der Waals surface area contributed by atoms with E-state index in [1.165, 1.54) is 20.1 Å². The first-order chi connectivity index (χ1) is 7.02. The molecule has 5 heteroatoms. The molecule has 0 saturated heterocycles. The Morgan fingerprint density at radius 2 is 2.00 bits per heavy atom.